The Labute approximate surface area is 64.3 Å². The molecular weight excluding hydrogens is 144 g/mol. The molecule has 0 aromatic heterocycles. The van der Waals surface area contributed by atoms with Crippen molar-refractivity contribution in [1.29, 1.82) is 0 Å². The first kappa shape index (κ1) is 7.63. The summed E-state index contributed by atoms with van der Waals surface area (Å²) in [6, 6.07) is 7.41. The fourth-order valence-electron chi connectivity index (χ4n) is 0.724. The molecule has 2 heteroatoms. The quantitative estimate of drug-likeness (QED) is 0.562. The van der Waals surface area contributed by atoms with Crippen molar-refractivity contribution < 1.29 is 4.55 Å². The van der Waals surface area contributed by atoms with E-state index < -0.39 is 11.2 Å². The van der Waals surface area contributed by atoms with Gasteiger partial charge in [-0.15, -0.1) is 0 Å². The molecule has 1 unspecified atom stereocenters. The predicted octanol–water partition coefficient (Wildman–Crippen LogP) is 1.61. The summed E-state index contributed by atoms with van der Waals surface area (Å²) in [5, 5.41) is 0. The van der Waals surface area contributed by atoms with Gasteiger partial charge < -0.3 is 4.55 Å². The number of hydrogen-bond donors (Lipinski definition) is 0. The van der Waals surface area contributed by atoms with Crippen LogP contribution in [0.2, 0.25) is 0 Å². The lowest BCUT2D eigenvalue weighted by atomic mass is 10.2. The molecule has 10 heavy (non-hydrogen) atoms. The SMILES string of the molecule is [CH2]c1cccc([S+](C)[O-])c1. The molecule has 0 aliphatic carbocycles. The second-order valence-corrected chi connectivity index (χ2v) is 3.48. The van der Waals surface area contributed by atoms with Gasteiger partial charge in [0.05, 0.1) is 0 Å². The summed E-state index contributed by atoms with van der Waals surface area (Å²) in [6.07, 6.45) is 1.66. The molecule has 1 nitrogen and oxygen atoms in total. The van der Waals surface area contributed by atoms with Gasteiger partial charge >= 0.3 is 0 Å². The molecular formula is C8H9OS. The van der Waals surface area contributed by atoms with Crippen molar-refractivity contribution in [3.05, 3.63) is 36.8 Å². The fourth-order valence-corrected chi connectivity index (χ4v) is 1.31. The molecule has 0 amide bonds. The molecule has 0 spiro atoms. The lowest BCUT2D eigenvalue weighted by Gasteiger charge is -2.03. The maximum atomic E-state index is 10.9. The summed E-state index contributed by atoms with van der Waals surface area (Å²) in [7, 11) is 0. The number of hydrogen-bond acceptors (Lipinski definition) is 1. The molecule has 1 atom stereocenters. The molecule has 1 aromatic rings. The Morgan fingerprint density at radius 2 is 2.20 bits per heavy atom. The van der Waals surface area contributed by atoms with Gasteiger partial charge in [0.2, 0.25) is 0 Å². The first-order valence-electron chi connectivity index (χ1n) is 2.95. The van der Waals surface area contributed by atoms with Gasteiger partial charge in [-0.2, -0.15) is 0 Å². The topological polar surface area (TPSA) is 23.1 Å². The highest BCUT2D eigenvalue weighted by Gasteiger charge is 2.01. The van der Waals surface area contributed by atoms with Crippen LogP contribution in [0.1, 0.15) is 5.56 Å². The summed E-state index contributed by atoms with van der Waals surface area (Å²) in [6.45, 7) is 3.73. The molecule has 0 N–H and O–H groups in total. The average Bonchev–Trinajstić information content (AvgIpc) is 1.88. The minimum atomic E-state index is -0.879. The van der Waals surface area contributed by atoms with E-state index in [2.05, 4.69) is 6.92 Å². The molecule has 1 radical (unpaired) electrons. The second-order valence-electron chi connectivity index (χ2n) is 2.10. The standard InChI is InChI=1S/C8H9OS/c1-7-4-3-5-8(6-7)10(2)9/h3-6H,1H2,2H3. The normalized spacial score (nSPS) is 13.1. The largest absolute Gasteiger partial charge is 0.612 e. The molecule has 1 rings (SSSR count). The van der Waals surface area contributed by atoms with Gasteiger partial charge in [0.25, 0.3) is 0 Å². The molecule has 53 valence electrons. The Hall–Kier alpha value is -0.470. The molecule has 0 saturated heterocycles. The first-order chi connectivity index (χ1) is 4.70. The third kappa shape index (κ3) is 1.75. The van der Waals surface area contributed by atoms with Crippen molar-refractivity contribution in [1.82, 2.24) is 0 Å². The highest BCUT2D eigenvalue weighted by atomic mass is 32.2. The van der Waals surface area contributed by atoms with Crippen molar-refractivity contribution in [2.75, 3.05) is 6.26 Å². The molecule has 0 bridgehead atoms. The summed E-state index contributed by atoms with van der Waals surface area (Å²) in [4.78, 5) is 0.840. The van der Waals surface area contributed by atoms with Crippen molar-refractivity contribution in [2.24, 2.45) is 0 Å². The zero-order valence-corrected chi connectivity index (χ0v) is 6.65. The Morgan fingerprint density at radius 1 is 1.50 bits per heavy atom. The van der Waals surface area contributed by atoms with Crippen LogP contribution in [0.25, 0.3) is 0 Å². The van der Waals surface area contributed by atoms with Crippen LogP contribution in [0.3, 0.4) is 0 Å². The Balaban J connectivity index is 2.96. The smallest absolute Gasteiger partial charge is 0.152 e. The highest BCUT2D eigenvalue weighted by molar-refractivity contribution is 7.90. The van der Waals surface area contributed by atoms with E-state index in [1.165, 1.54) is 0 Å². The maximum Gasteiger partial charge on any atom is 0.152 e. The molecule has 0 fully saturated rings. The fraction of sp³-hybridized carbons (Fsp3) is 0.125. The highest BCUT2D eigenvalue weighted by Crippen LogP contribution is 2.09. The van der Waals surface area contributed by atoms with E-state index in [1.807, 2.05) is 24.3 Å². The molecule has 1 aromatic carbocycles. The van der Waals surface area contributed by atoms with Crippen LogP contribution in [0.15, 0.2) is 29.2 Å². The van der Waals surface area contributed by atoms with Gasteiger partial charge in [0.15, 0.2) is 4.90 Å². The van der Waals surface area contributed by atoms with Crippen molar-refractivity contribution in [3.63, 3.8) is 0 Å². The van der Waals surface area contributed by atoms with E-state index in [1.54, 1.807) is 6.26 Å². The van der Waals surface area contributed by atoms with E-state index in [9.17, 15) is 4.55 Å². The number of rotatable bonds is 1. The van der Waals surface area contributed by atoms with Crippen LogP contribution in [-0.2, 0) is 11.2 Å². The van der Waals surface area contributed by atoms with Crippen LogP contribution in [-0.4, -0.2) is 10.8 Å². The lowest BCUT2D eigenvalue weighted by molar-refractivity contribution is 0.601. The van der Waals surface area contributed by atoms with E-state index in [4.69, 9.17) is 0 Å². The lowest BCUT2D eigenvalue weighted by Crippen LogP contribution is -1.96. The van der Waals surface area contributed by atoms with Gasteiger partial charge in [-0.3, -0.25) is 0 Å². The van der Waals surface area contributed by atoms with Gasteiger partial charge in [-0.1, -0.05) is 12.1 Å². The predicted molar refractivity (Wildman–Crippen MR) is 43.2 cm³/mol. The Bertz CT molecular complexity index is 220. The first-order valence-corrected chi connectivity index (χ1v) is 4.51. The summed E-state index contributed by atoms with van der Waals surface area (Å²) in [5.74, 6) is 0. The second kappa shape index (κ2) is 3.08. The summed E-state index contributed by atoms with van der Waals surface area (Å²) in [5.41, 5.74) is 0.910. The van der Waals surface area contributed by atoms with Gasteiger partial charge in [-0.05, 0) is 35.8 Å². The van der Waals surface area contributed by atoms with E-state index in [0.717, 1.165) is 10.5 Å². The average molecular weight is 153 g/mol. The van der Waals surface area contributed by atoms with Crippen molar-refractivity contribution in [3.8, 4) is 0 Å². The van der Waals surface area contributed by atoms with Crippen LogP contribution in [0.5, 0.6) is 0 Å². The number of benzene rings is 1. The van der Waals surface area contributed by atoms with E-state index in [0.29, 0.717) is 0 Å². The minimum Gasteiger partial charge on any atom is -0.612 e. The van der Waals surface area contributed by atoms with Crippen LogP contribution in [0.4, 0.5) is 0 Å². The Morgan fingerprint density at radius 3 is 2.60 bits per heavy atom. The molecule has 0 heterocycles. The van der Waals surface area contributed by atoms with Gasteiger partial charge in [0.1, 0.15) is 6.26 Å². The molecule has 0 aliphatic heterocycles. The molecule has 0 saturated carbocycles. The Kier molecular flexibility index (Phi) is 2.35. The van der Waals surface area contributed by atoms with Gasteiger partial charge in [-0.25, -0.2) is 0 Å². The van der Waals surface area contributed by atoms with Crippen LogP contribution < -0.4 is 0 Å². The van der Waals surface area contributed by atoms with Crippen LogP contribution in [0, 0.1) is 6.92 Å². The minimum absolute atomic E-state index is 0.840. The van der Waals surface area contributed by atoms with E-state index >= 15 is 0 Å². The van der Waals surface area contributed by atoms with Crippen LogP contribution >= 0.6 is 0 Å². The third-order valence-corrected chi connectivity index (χ3v) is 2.15. The zero-order chi connectivity index (χ0) is 7.56. The van der Waals surface area contributed by atoms with E-state index in [-0.39, 0.29) is 0 Å². The third-order valence-electron chi connectivity index (χ3n) is 1.23. The zero-order valence-electron chi connectivity index (χ0n) is 5.83. The van der Waals surface area contributed by atoms with Crippen molar-refractivity contribution >= 4 is 11.2 Å². The summed E-state index contributed by atoms with van der Waals surface area (Å²) >= 11 is -0.879. The molecule has 0 aliphatic rings. The maximum absolute atomic E-state index is 10.9. The monoisotopic (exact) mass is 153 g/mol. The van der Waals surface area contributed by atoms with Crippen molar-refractivity contribution in [2.45, 2.75) is 4.90 Å². The summed E-state index contributed by atoms with van der Waals surface area (Å²) < 4.78 is 10.9. The van der Waals surface area contributed by atoms with Gasteiger partial charge in [0, 0.05) is 0 Å².